The highest BCUT2D eigenvalue weighted by molar-refractivity contribution is 6.31. The summed E-state index contributed by atoms with van der Waals surface area (Å²) in [6.45, 7) is 4.76. The van der Waals surface area contributed by atoms with Gasteiger partial charge < -0.3 is 10.6 Å². The maximum atomic E-state index is 12.9. The van der Waals surface area contributed by atoms with Crippen LogP contribution in [0.1, 0.15) is 18.1 Å². The van der Waals surface area contributed by atoms with Gasteiger partial charge in [0.1, 0.15) is 5.82 Å². The Morgan fingerprint density at radius 3 is 2.41 bits per heavy atom. The monoisotopic (exact) mass is 391 g/mol. The van der Waals surface area contributed by atoms with Crippen molar-refractivity contribution < 1.29 is 14.0 Å². The van der Waals surface area contributed by atoms with E-state index in [4.69, 9.17) is 11.6 Å². The molecule has 0 bridgehead atoms. The van der Waals surface area contributed by atoms with Crippen molar-refractivity contribution in [2.45, 2.75) is 20.4 Å². The summed E-state index contributed by atoms with van der Waals surface area (Å²) in [5.74, 6) is -0.732. The van der Waals surface area contributed by atoms with E-state index in [1.807, 2.05) is 13.8 Å². The molecule has 0 aliphatic heterocycles. The number of anilines is 1. The average molecular weight is 392 g/mol. The first-order chi connectivity index (χ1) is 12.9. The van der Waals surface area contributed by atoms with Crippen molar-refractivity contribution in [1.82, 2.24) is 10.2 Å². The molecule has 0 aromatic heterocycles. The molecule has 0 unspecified atom stereocenters. The lowest BCUT2D eigenvalue weighted by Crippen LogP contribution is -2.40. The molecule has 2 rings (SSSR count). The molecule has 2 aromatic rings. The molecule has 2 amide bonds. The minimum Gasteiger partial charge on any atom is -0.351 e. The van der Waals surface area contributed by atoms with Crippen molar-refractivity contribution in [3.63, 3.8) is 0 Å². The van der Waals surface area contributed by atoms with Crippen LogP contribution in [0.3, 0.4) is 0 Å². The first kappa shape index (κ1) is 20.9. The predicted octanol–water partition coefficient (Wildman–Crippen LogP) is 3.36. The van der Waals surface area contributed by atoms with E-state index in [1.165, 1.54) is 12.1 Å². The van der Waals surface area contributed by atoms with Gasteiger partial charge in [-0.3, -0.25) is 14.5 Å². The van der Waals surface area contributed by atoms with E-state index >= 15 is 0 Å². The molecule has 7 heteroatoms. The van der Waals surface area contributed by atoms with Crippen LogP contribution in [0.2, 0.25) is 5.02 Å². The Bertz CT molecular complexity index is 796. The third kappa shape index (κ3) is 6.66. The second kappa shape index (κ2) is 10.0. The molecular formula is C20H23ClFN3O2. The molecule has 0 fully saturated rings. The van der Waals surface area contributed by atoms with E-state index in [0.717, 1.165) is 11.1 Å². The molecule has 0 spiro atoms. The van der Waals surface area contributed by atoms with Crippen LogP contribution in [0.15, 0.2) is 42.5 Å². The van der Waals surface area contributed by atoms with E-state index in [-0.39, 0.29) is 30.7 Å². The zero-order valence-corrected chi connectivity index (χ0v) is 16.1. The van der Waals surface area contributed by atoms with Crippen molar-refractivity contribution in [3.8, 4) is 0 Å². The van der Waals surface area contributed by atoms with Crippen LogP contribution in [0.25, 0.3) is 0 Å². The number of nitrogens with one attached hydrogen (secondary N) is 2. The van der Waals surface area contributed by atoms with Gasteiger partial charge in [0.25, 0.3) is 0 Å². The Kier molecular flexibility index (Phi) is 7.76. The quantitative estimate of drug-likeness (QED) is 0.725. The van der Waals surface area contributed by atoms with Gasteiger partial charge >= 0.3 is 0 Å². The van der Waals surface area contributed by atoms with E-state index in [9.17, 15) is 14.0 Å². The first-order valence-corrected chi connectivity index (χ1v) is 9.05. The molecule has 0 radical (unpaired) electrons. The lowest BCUT2D eigenvalue weighted by molar-refractivity contribution is -0.123. The molecule has 27 heavy (non-hydrogen) atoms. The highest BCUT2D eigenvalue weighted by Gasteiger charge is 2.14. The third-order valence-electron chi connectivity index (χ3n) is 4.13. The highest BCUT2D eigenvalue weighted by Crippen LogP contribution is 2.22. The molecule has 0 heterocycles. The van der Waals surface area contributed by atoms with E-state index < -0.39 is 0 Å². The Labute approximate surface area is 163 Å². The van der Waals surface area contributed by atoms with Crippen LogP contribution in [-0.2, 0) is 16.1 Å². The normalized spacial score (nSPS) is 10.7. The Hall–Kier alpha value is -2.44. The van der Waals surface area contributed by atoms with Gasteiger partial charge in [0, 0.05) is 17.3 Å². The molecule has 0 aliphatic carbocycles. The van der Waals surface area contributed by atoms with Gasteiger partial charge in [0.2, 0.25) is 11.8 Å². The summed E-state index contributed by atoms with van der Waals surface area (Å²) in [5.41, 5.74) is 2.26. The predicted molar refractivity (Wildman–Crippen MR) is 105 cm³/mol. The number of rotatable bonds is 8. The lowest BCUT2D eigenvalue weighted by Gasteiger charge is -2.20. The second-order valence-corrected chi connectivity index (χ2v) is 6.57. The number of hydrogen-bond donors (Lipinski definition) is 2. The third-order valence-corrected chi connectivity index (χ3v) is 4.54. The minimum absolute atomic E-state index is 0.0897. The molecule has 0 atom stereocenters. The number of benzene rings is 2. The fourth-order valence-electron chi connectivity index (χ4n) is 2.48. The van der Waals surface area contributed by atoms with Gasteiger partial charge in [-0.2, -0.15) is 0 Å². The van der Waals surface area contributed by atoms with Crippen molar-refractivity contribution in [3.05, 3.63) is 64.4 Å². The summed E-state index contributed by atoms with van der Waals surface area (Å²) < 4.78 is 12.9. The average Bonchev–Trinajstić information content (AvgIpc) is 2.64. The number of halogens is 2. The summed E-state index contributed by atoms with van der Waals surface area (Å²) >= 11 is 6.06. The highest BCUT2D eigenvalue weighted by atomic mass is 35.5. The zero-order chi connectivity index (χ0) is 19.8. The molecular weight excluding hydrogens is 369 g/mol. The summed E-state index contributed by atoms with van der Waals surface area (Å²) in [6.07, 6.45) is 0. The first-order valence-electron chi connectivity index (χ1n) is 8.67. The molecule has 0 aliphatic rings. The summed E-state index contributed by atoms with van der Waals surface area (Å²) in [5, 5.41) is 6.17. The fraction of sp³-hybridized carbons (Fsp3) is 0.300. The minimum atomic E-state index is -0.316. The Morgan fingerprint density at radius 2 is 1.74 bits per heavy atom. The summed E-state index contributed by atoms with van der Waals surface area (Å²) in [6, 6.07) is 11.2. The van der Waals surface area contributed by atoms with Gasteiger partial charge in [-0.1, -0.05) is 36.7 Å². The number of nitrogens with zero attached hydrogens (tertiary/aromatic N) is 1. The van der Waals surface area contributed by atoms with Gasteiger partial charge in [-0.05, 0) is 48.9 Å². The number of likely N-dealkylation sites (N-methyl/N-ethyl adjacent to an activating group) is 1. The number of hydrogen-bond acceptors (Lipinski definition) is 3. The maximum Gasteiger partial charge on any atom is 0.238 e. The number of carbonyl (C=O) groups is 2. The van der Waals surface area contributed by atoms with Crippen molar-refractivity contribution >= 4 is 29.1 Å². The molecule has 2 aromatic carbocycles. The summed E-state index contributed by atoms with van der Waals surface area (Å²) in [7, 11) is 0. The van der Waals surface area contributed by atoms with E-state index in [2.05, 4.69) is 10.6 Å². The summed E-state index contributed by atoms with van der Waals surface area (Å²) in [4.78, 5) is 26.1. The van der Waals surface area contributed by atoms with Crippen LogP contribution < -0.4 is 10.6 Å². The smallest absolute Gasteiger partial charge is 0.238 e. The van der Waals surface area contributed by atoms with Gasteiger partial charge in [0.15, 0.2) is 0 Å². The van der Waals surface area contributed by atoms with Crippen LogP contribution in [0, 0.1) is 12.7 Å². The molecule has 0 saturated heterocycles. The maximum absolute atomic E-state index is 12.9. The SMILES string of the molecule is CCN(CC(=O)NCc1ccc(F)cc1)CC(=O)Nc1cccc(Cl)c1C. The van der Waals surface area contributed by atoms with Crippen molar-refractivity contribution in [2.75, 3.05) is 25.0 Å². The second-order valence-electron chi connectivity index (χ2n) is 6.17. The van der Waals surface area contributed by atoms with Crippen molar-refractivity contribution in [1.29, 1.82) is 0 Å². The Morgan fingerprint density at radius 1 is 1.07 bits per heavy atom. The van der Waals surface area contributed by atoms with Gasteiger partial charge in [-0.15, -0.1) is 0 Å². The van der Waals surface area contributed by atoms with Crippen LogP contribution in [0.5, 0.6) is 0 Å². The van der Waals surface area contributed by atoms with Crippen LogP contribution >= 0.6 is 11.6 Å². The molecule has 0 saturated carbocycles. The standard InChI is InChI=1S/C20H23ClFN3O2/c1-3-25(12-19(26)23-11-15-7-9-16(22)10-8-15)13-20(27)24-18-6-4-5-17(21)14(18)2/h4-10H,3,11-13H2,1-2H3,(H,23,26)(H,24,27). The largest absolute Gasteiger partial charge is 0.351 e. The molecule has 5 nitrogen and oxygen atoms in total. The number of amides is 2. The number of carbonyl (C=O) groups excluding carboxylic acids is 2. The Balaban J connectivity index is 1.83. The zero-order valence-electron chi connectivity index (χ0n) is 15.4. The van der Waals surface area contributed by atoms with E-state index in [0.29, 0.717) is 23.8 Å². The van der Waals surface area contributed by atoms with Gasteiger partial charge in [0.05, 0.1) is 13.1 Å². The lowest BCUT2D eigenvalue weighted by atomic mass is 10.2. The van der Waals surface area contributed by atoms with Crippen molar-refractivity contribution in [2.24, 2.45) is 0 Å². The molecule has 2 N–H and O–H groups in total. The topological polar surface area (TPSA) is 61.4 Å². The van der Waals surface area contributed by atoms with E-state index in [1.54, 1.807) is 35.2 Å². The fourth-order valence-corrected chi connectivity index (χ4v) is 2.65. The van der Waals surface area contributed by atoms with Crippen LogP contribution in [0.4, 0.5) is 10.1 Å². The van der Waals surface area contributed by atoms with Crippen LogP contribution in [-0.4, -0.2) is 36.3 Å². The molecule has 144 valence electrons. The van der Waals surface area contributed by atoms with Gasteiger partial charge in [-0.25, -0.2) is 4.39 Å².